The Balaban J connectivity index is 1.96. The molecular formula is C35H39ClO3. The second-order valence-corrected chi connectivity index (χ2v) is 12.6. The van der Waals surface area contributed by atoms with Gasteiger partial charge in [0.15, 0.2) is 0 Å². The minimum atomic E-state index is -0.242. The van der Waals surface area contributed by atoms with Gasteiger partial charge >= 0.3 is 0 Å². The monoisotopic (exact) mass is 542 g/mol. The summed E-state index contributed by atoms with van der Waals surface area (Å²) >= 11 is 7.00. The van der Waals surface area contributed by atoms with E-state index >= 15 is 0 Å². The predicted molar refractivity (Wildman–Crippen MR) is 165 cm³/mol. The van der Waals surface area contributed by atoms with E-state index in [0.717, 1.165) is 50.1 Å². The first-order valence-corrected chi connectivity index (χ1v) is 13.7. The molecule has 4 rings (SSSR count). The highest BCUT2D eigenvalue weighted by molar-refractivity contribution is 6.48. The summed E-state index contributed by atoms with van der Waals surface area (Å²) in [7, 11) is 3.34. The summed E-state index contributed by atoms with van der Waals surface area (Å²) < 4.78 is 10.8. The van der Waals surface area contributed by atoms with Crippen LogP contribution in [0, 0.1) is 0 Å². The van der Waals surface area contributed by atoms with Crippen LogP contribution in [0.25, 0.3) is 15.8 Å². The fraction of sp³-hybridized carbons (Fsp3) is 0.314. The topological polar surface area (TPSA) is 38.7 Å². The summed E-state index contributed by atoms with van der Waals surface area (Å²) in [6.07, 6.45) is 2.11. The van der Waals surface area contributed by atoms with Gasteiger partial charge in [-0.3, -0.25) is 0 Å². The number of hydrogen-bond acceptors (Lipinski definition) is 3. The molecule has 0 bridgehead atoms. The normalized spacial score (nSPS) is 13.4. The lowest BCUT2D eigenvalue weighted by molar-refractivity contribution is 0.415. The Labute approximate surface area is 238 Å². The molecule has 0 amide bonds. The van der Waals surface area contributed by atoms with E-state index in [9.17, 15) is 5.11 Å². The number of fused-ring (bicyclic) bond motifs is 1. The first-order valence-electron chi connectivity index (χ1n) is 13.3. The number of phenolic OH excluding ortho intramolecular Hbond substituents is 1. The standard InChI is InChI=1S/C35H39ClO3/c1-34(2,3)30-19-26(20-31(33(30)37)35(4,5)6)29(21-32(36)22-11-14-27(38-7)15-12-22)25-10-9-24-18-28(39-8)16-13-23(24)17-25/h9-21,29,37H,1-8H3. The van der Waals surface area contributed by atoms with Crippen LogP contribution in [-0.4, -0.2) is 19.3 Å². The highest BCUT2D eigenvalue weighted by Crippen LogP contribution is 2.43. The van der Waals surface area contributed by atoms with Gasteiger partial charge in [0.25, 0.3) is 0 Å². The Morgan fingerprint density at radius 3 is 1.74 bits per heavy atom. The first-order chi connectivity index (χ1) is 18.3. The molecule has 0 fully saturated rings. The van der Waals surface area contributed by atoms with Gasteiger partial charge in [-0.25, -0.2) is 0 Å². The highest BCUT2D eigenvalue weighted by atomic mass is 35.5. The molecule has 0 aliphatic rings. The Kier molecular flexibility index (Phi) is 8.04. The lowest BCUT2D eigenvalue weighted by atomic mass is 9.76. The molecule has 0 spiro atoms. The minimum Gasteiger partial charge on any atom is -0.507 e. The van der Waals surface area contributed by atoms with Crippen LogP contribution in [0.4, 0.5) is 0 Å². The third kappa shape index (κ3) is 6.25. The Morgan fingerprint density at radius 1 is 0.692 bits per heavy atom. The first kappa shape index (κ1) is 28.6. The molecule has 1 unspecified atom stereocenters. The van der Waals surface area contributed by atoms with E-state index in [1.54, 1.807) is 14.2 Å². The molecule has 1 atom stereocenters. The number of rotatable bonds is 6. The number of methoxy groups -OCH3 is 2. The molecule has 4 aromatic carbocycles. The maximum absolute atomic E-state index is 11.4. The van der Waals surface area contributed by atoms with Crippen molar-refractivity contribution >= 4 is 27.4 Å². The summed E-state index contributed by atoms with van der Waals surface area (Å²) in [5, 5.41) is 14.3. The maximum Gasteiger partial charge on any atom is 0.123 e. The molecule has 0 radical (unpaired) electrons. The molecule has 39 heavy (non-hydrogen) atoms. The zero-order valence-electron chi connectivity index (χ0n) is 24.2. The average molecular weight is 543 g/mol. The highest BCUT2D eigenvalue weighted by Gasteiger charge is 2.28. The van der Waals surface area contributed by atoms with Gasteiger partial charge in [0, 0.05) is 11.0 Å². The summed E-state index contributed by atoms with van der Waals surface area (Å²) in [5.74, 6) is 1.84. The van der Waals surface area contributed by atoms with Crippen LogP contribution in [-0.2, 0) is 10.8 Å². The van der Waals surface area contributed by atoms with Gasteiger partial charge in [0.2, 0.25) is 0 Å². The van der Waals surface area contributed by atoms with Crippen LogP contribution in [0.5, 0.6) is 17.2 Å². The molecule has 4 aromatic rings. The van der Waals surface area contributed by atoms with Crippen molar-refractivity contribution in [3.63, 3.8) is 0 Å². The Morgan fingerprint density at radius 2 is 1.21 bits per heavy atom. The lowest BCUT2D eigenvalue weighted by Crippen LogP contribution is -2.18. The van der Waals surface area contributed by atoms with E-state index in [-0.39, 0.29) is 16.7 Å². The second-order valence-electron chi connectivity index (χ2n) is 12.2. The van der Waals surface area contributed by atoms with E-state index < -0.39 is 0 Å². The van der Waals surface area contributed by atoms with Crippen molar-refractivity contribution < 1.29 is 14.6 Å². The van der Waals surface area contributed by atoms with Crippen molar-refractivity contribution in [2.75, 3.05) is 14.2 Å². The summed E-state index contributed by atoms with van der Waals surface area (Å²) in [6.45, 7) is 12.8. The molecule has 0 saturated carbocycles. The number of phenols is 1. The Hall–Kier alpha value is -3.43. The van der Waals surface area contributed by atoms with Crippen LogP contribution in [0.2, 0.25) is 0 Å². The van der Waals surface area contributed by atoms with Gasteiger partial charge in [-0.15, -0.1) is 0 Å². The van der Waals surface area contributed by atoms with Crippen LogP contribution < -0.4 is 9.47 Å². The SMILES string of the molecule is COc1ccc(C(Cl)=CC(c2cc(C(C)(C)C)c(O)c(C(C)(C)C)c2)c2ccc3cc(OC)ccc3c2)cc1. The zero-order chi connectivity index (χ0) is 28.5. The van der Waals surface area contributed by atoms with E-state index in [1.807, 2.05) is 36.4 Å². The number of allylic oxidation sites excluding steroid dienone is 1. The second kappa shape index (κ2) is 11.0. The molecule has 0 aliphatic carbocycles. The molecule has 0 saturated heterocycles. The fourth-order valence-corrected chi connectivity index (χ4v) is 5.17. The number of hydrogen-bond donors (Lipinski definition) is 1. The summed E-state index contributed by atoms with van der Waals surface area (Å²) in [6, 6.07) is 24.7. The smallest absolute Gasteiger partial charge is 0.123 e. The van der Waals surface area contributed by atoms with Gasteiger partial charge in [-0.1, -0.05) is 95.6 Å². The number of ether oxygens (including phenoxy) is 2. The molecule has 0 aliphatic heterocycles. The molecular weight excluding hydrogens is 504 g/mol. The van der Waals surface area contributed by atoms with Gasteiger partial charge in [-0.05, 0) is 85.8 Å². The fourth-order valence-electron chi connectivity index (χ4n) is 4.92. The molecule has 0 aromatic heterocycles. The number of benzene rings is 4. The van der Waals surface area contributed by atoms with Crippen molar-refractivity contribution in [3.8, 4) is 17.2 Å². The average Bonchev–Trinajstić information content (AvgIpc) is 2.90. The minimum absolute atomic E-state index is 0.145. The lowest BCUT2D eigenvalue weighted by Gasteiger charge is -2.30. The van der Waals surface area contributed by atoms with Crippen molar-refractivity contribution in [1.29, 1.82) is 0 Å². The summed E-state index contributed by atoms with van der Waals surface area (Å²) in [4.78, 5) is 0. The van der Waals surface area contributed by atoms with Gasteiger partial charge in [-0.2, -0.15) is 0 Å². The van der Waals surface area contributed by atoms with Gasteiger partial charge < -0.3 is 14.6 Å². The van der Waals surface area contributed by atoms with Crippen LogP contribution in [0.3, 0.4) is 0 Å². The zero-order valence-corrected chi connectivity index (χ0v) is 25.0. The van der Waals surface area contributed by atoms with Crippen LogP contribution in [0.1, 0.15) is 75.3 Å². The Bertz CT molecular complexity index is 1470. The predicted octanol–water partition coefficient (Wildman–Crippen LogP) is 9.57. The van der Waals surface area contributed by atoms with E-state index in [2.05, 4.69) is 84.0 Å². The van der Waals surface area contributed by atoms with E-state index in [0.29, 0.717) is 10.8 Å². The van der Waals surface area contributed by atoms with Crippen LogP contribution in [0.15, 0.2) is 78.9 Å². The van der Waals surface area contributed by atoms with Crippen molar-refractivity contribution in [2.24, 2.45) is 0 Å². The maximum atomic E-state index is 11.4. The summed E-state index contributed by atoms with van der Waals surface area (Å²) in [5.41, 5.74) is 4.48. The molecule has 3 nitrogen and oxygen atoms in total. The van der Waals surface area contributed by atoms with Crippen molar-refractivity contribution in [2.45, 2.75) is 58.3 Å². The van der Waals surface area contributed by atoms with Crippen molar-refractivity contribution in [3.05, 3.63) is 107 Å². The van der Waals surface area contributed by atoms with Gasteiger partial charge in [0.1, 0.15) is 17.2 Å². The molecule has 1 N–H and O–H groups in total. The quantitative estimate of drug-likeness (QED) is 0.263. The van der Waals surface area contributed by atoms with E-state index in [4.69, 9.17) is 21.1 Å². The van der Waals surface area contributed by atoms with Crippen molar-refractivity contribution in [1.82, 2.24) is 0 Å². The third-order valence-corrected chi connectivity index (χ3v) is 7.56. The largest absolute Gasteiger partial charge is 0.507 e. The molecule has 4 heteroatoms. The molecule has 204 valence electrons. The number of halogens is 1. The van der Waals surface area contributed by atoms with Gasteiger partial charge in [0.05, 0.1) is 14.2 Å². The number of aromatic hydroxyl groups is 1. The van der Waals surface area contributed by atoms with Crippen LogP contribution >= 0.6 is 11.6 Å². The van der Waals surface area contributed by atoms with E-state index in [1.165, 1.54) is 0 Å². The third-order valence-electron chi connectivity index (χ3n) is 7.22. The molecule has 0 heterocycles.